The summed E-state index contributed by atoms with van der Waals surface area (Å²) in [5, 5.41) is 15.8. The molecule has 6 nitrogen and oxygen atoms in total. The summed E-state index contributed by atoms with van der Waals surface area (Å²) in [6.45, 7) is 0. The van der Waals surface area contributed by atoms with Gasteiger partial charge in [-0.25, -0.2) is 4.79 Å². The molecule has 5 aromatic rings. The number of rotatable bonds is 4. The van der Waals surface area contributed by atoms with Crippen LogP contribution in [0.2, 0.25) is 0 Å². The molecular formula is C22H13NO5S. The van der Waals surface area contributed by atoms with Crippen molar-refractivity contribution in [3.63, 3.8) is 0 Å². The van der Waals surface area contributed by atoms with Crippen molar-refractivity contribution in [2.45, 2.75) is 0 Å². The summed E-state index contributed by atoms with van der Waals surface area (Å²) in [4.78, 5) is 25.2. The fourth-order valence-electron chi connectivity index (χ4n) is 3.26. The fraction of sp³-hybridized carbons (Fsp3) is 0. The van der Waals surface area contributed by atoms with E-state index in [4.69, 9.17) is 8.83 Å². The molecule has 7 heteroatoms. The van der Waals surface area contributed by atoms with Crippen LogP contribution in [0.3, 0.4) is 0 Å². The van der Waals surface area contributed by atoms with Crippen molar-refractivity contribution in [1.82, 2.24) is 0 Å². The van der Waals surface area contributed by atoms with Gasteiger partial charge in [0.05, 0.1) is 16.8 Å². The van der Waals surface area contributed by atoms with E-state index in [0.717, 1.165) is 21.9 Å². The highest BCUT2D eigenvalue weighted by Gasteiger charge is 2.23. The van der Waals surface area contributed by atoms with Gasteiger partial charge in [0, 0.05) is 16.2 Å². The van der Waals surface area contributed by atoms with E-state index in [9.17, 15) is 14.7 Å². The first-order valence-electron chi connectivity index (χ1n) is 8.72. The number of carboxylic acid groups (broad SMARTS) is 1. The topological polar surface area (TPSA) is 92.7 Å². The number of hydrogen-bond donors (Lipinski definition) is 2. The molecule has 0 unspecified atom stereocenters. The Labute approximate surface area is 168 Å². The molecule has 2 aromatic carbocycles. The summed E-state index contributed by atoms with van der Waals surface area (Å²) < 4.78 is 10.9. The number of carbonyl (C=O) groups is 2. The van der Waals surface area contributed by atoms with Gasteiger partial charge in [-0.2, -0.15) is 0 Å². The molecule has 0 saturated carbocycles. The number of fused-ring (bicyclic) bond motifs is 2. The number of furan rings is 2. The minimum absolute atomic E-state index is 0.0438. The first-order chi connectivity index (χ1) is 14.1. The maximum atomic E-state index is 12.6. The number of nitrogens with one attached hydrogen (secondary N) is 1. The lowest BCUT2D eigenvalue weighted by molar-refractivity contribution is 0.0699. The highest BCUT2D eigenvalue weighted by molar-refractivity contribution is 7.14. The molecule has 3 heterocycles. The standard InChI is InChI=1S/C22H13NO5S/c24-21(18-10-12-3-1-2-4-17(12)28-18)23-15-11-29-20(19(15)22(25)26)14-5-6-16-13(9-14)7-8-27-16/h1-11H,(H,23,24)(H,25,26). The SMILES string of the molecule is O=C(Nc1csc(-c2ccc3occc3c2)c1C(=O)O)c1cc2ccccc2o1. The van der Waals surface area contributed by atoms with Crippen LogP contribution >= 0.6 is 11.3 Å². The average Bonchev–Trinajstić information content (AvgIpc) is 3.44. The van der Waals surface area contributed by atoms with Crippen molar-refractivity contribution in [2.75, 3.05) is 5.32 Å². The summed E-state index contributed by atoms with van der Waals surface area (Å²) in [5.41, 5.74) is 2.33. The summed E-state index contributed by atoms with van der Waals surface area (Å²) in [6.07, 6.45) is 1.58. The highest BCUT2D eigenvalue weighted by Crippen LogP contribution is 2.37. The molecule has 29 heavy (non-hydrogen) atoms. The number of benzene rings is 2. The zero-order valence-electron chi connectivity index (χ0n) is 14.8. The van der Waals surface area contributed by atoms with Gasteiger partial charge in [-0.3, -0.25) is 4.79 Å². The third-order valence-corrected chi connectivity index (χ3v) is 5.65. The second-order valence-electron chi connectivity index (χ2n) is 6.43. The number of amides is 1. The van der Waals surface area contributed by atoms with E-state index in [1.807, 2.05) is 30.3 Å². The Bertz CT molecular complexity index is 1360. The number of para-hydroxylation sites is 1. The van der Waals surface area contributed by atoms with Crippen molar-refractivity contribution < 1.29 is 23.5 Å². The van der Waals surface area contributed by atoms with Crippen LogP contribution < -0.4 is 5.32 Å². The van der Waals surface area contributed by atoms with E-state index in [0.29, 0.717) is 10.5 Å². The Balaban J connectivity index is 1.51. The third kappa shape index (κ3) is 2.97. The number of carbonyl (C=O) groups excluding carboxylic acids is 1. The number of thiophene rings is 1. The number of hydrogen-bond acceptors (Lipinski definition) is 5. The van der Waals surface area contributed by atoms with Crippen molar-refractivity contribution in [2.24, 2.45) is 0 Å². The van der Waals surface area contributed by atoms with Crippen molar-refractivity contribution in [1.29, 1.82) is 0 Å². The normalized spacial score (nSPS) is 11.2. The van der Waals surface area contributed by atoms with E-state index in [2.05, 4.69) is 5.32 Å². The number of anilines is 1. The van der Waals surface area contributed by atoms with E-state index >= 15 is 0 Å². The van der Waals surface area contributed by atoms with Gasteiger partial charge in [-0.15, -0.1) is 11.3 Å². The molecule has 0 spiro atoms. The largest absolute Gasteiger partial charge is 0.478 e. The first-order valence-corrected chi connectivity index (χ1v) is 9.60. The number of aromatic carboxylic acids is 1. The third-order valence-electron chi connectivity index (χ3n) is 4.62. The maximum Gasteiger partial charge on any atom is 0.339 e. The molecule has 0 saturated heterocycles. The molecule has 0 aliphatic carbocycles. The van der Waals surface area contributed by atoms with Crippen molar-refractivity contribution in [3.8, 4) is 10.4 Å². The molecule has 2 N–H and O–H groups in total. The average molecular weight is 403 g/mol. The van der Waals surface area contributed by atoms with E-state index in [1.54, 1.807) is 35.9 Å². The summed E-state index contributed by atoms with van der Waals surface area (Å²) in [5.74, 6) is -1.50. The van der Waals surface area contributed by atoms with Crippen molar-refractivity contribution in [3.05, 3.63) is 77.6 Å². The minimum Gasteiger partial charge on any atom is -0.478 e. The van der Waals surface area contributed by atoms with Crippen LogP contribution in [-0.2, 0) is 0 Å². The van der Waals surface area contributed by atoms with E-state index < -0.39 is 11.9 Å². The van der Waals surface area contributed by atoms with Gasteiger partial charge in [0.2, 0.25) is 0 Å². The zero-order chi connectivity index (χ0) is 20.0. The van der Waals surface area contributed by atoms with Gasteiger partial charge in [0.25, 0.3) is 5.91 Å². The molecule has 0 atom stereocenters. The lowest BCUT2D eigenvalue weighted by atomic mass is 10.1. The second-order valence-corrected chi connectivity index (χ2v) is 7.31. The van der Waals surface area contributed by atoms with Crippen LogP contribution in [0.5, 0.6) is 0 Å². The van der Waals surface area contributed by atoms with Gasteiger partial charge in [0.1, 0.15) is 16.7 Å². The Hall–Kier alpha value is -3.84. The maximum absolute atomic E-state index is 12.6. The second kappa shape index (κ2) is 6.65. The predicted octanol–water partition coefficient (Wildman–Crippen LogP) is 5.86. The Morgan fingerprint density at radius 1 is 0.966 bits per heavy atom. The van der Waals surface area contributed by atoms with Gasteiger partial charge in [-0.1, -0.05) is 18.2 Å². The van der Waals surface area contributed by atoms with Crippen LogP contribution in [-0.4, -0.2) is 17.0 Å². The van der Waals surface area contributed by atoms with E-state index in [-0.39, 0.29) is 17.0 Å². The molecule has 0 aliphatic rings. The molecule has 142 valence electrons. The monoisotopic (exact) mass is 403 g/mol. The van der Waals surface area contributed by atoms with Gasteiger partial charge < -0.3 is 19.3 Å². The van der Waals surface area contributed by atoms with E-state index in [1.165, 1.54) is 11.3 Å². The summed E-state index contributed by atoms with van der Waals surface area (Å²) in [6, 6.07) is 16.2. The summed E-state index contributed by atoms with van der Waals surface area (Å²) >= 11 is 1.25. The molecule has 5 rings (SSSR count). The first kappa shape index (κ1) is 17.3. The molecule has 0 fully saturated rings. The molecule has 0 radical (unpaired) electrons. The smallest absolute Gasteiger partial charge is 0.339 e. The van der Waals surface area contributed by atoms with Crippen LogP contribution in [0.4, 0.5) is 5.69 Å². The predicted molar refractivity (Wildman–Crippen MR) is 111 cm³/mol. The molecule has 1 amide bonds. The fourth-order valence-corrected chi connectivity index (χ4v) is 4.25. The Morgan fingerprint density at radius 2 is 1.79 bits per heavy atom. The highest BCUT2D eigenvalue weighted by atomic mass is 32.1. The van der Waals surface area contributed by atoms with Gasteiger partial charge in [0.15, 0.2) is 5.76 Å². The molecule has 3 aromatic heterocycles. The van der Waals surface area contributed by atoms with Gasteiger partial charge >= 0.3 is 5.97 Å². The lowest BCUT2D eigenvalue weighted by Crippen LogP contribution is -2.13. The minimum atomic E-state index is -1.12. The van der Waals surface area contributed by atoms with Crippen LogP contribution in [0.25, 0.3) is 32.4 Å². The molecular weight excluding hydrogens is 390 g/mol. The van der Waals surface area contributed by atoms with Crippen LogP contribution in [0, 0.1) is 0 Å². The zero-order valence-corrected chi connectivity index (χ0v) is 15.7. The lowest BCUT2D eigenvalue weighted by Gasteiger charge is -2.05. The molecule has 0 bridgehead atoms. The van der Waals surface area contributed by atoms with Crippen molar-refractivity contribution >= 4 is 50.8 Å². The van der Waals surface area contributed by atoms with Crippen LogP contribution in [0.15, 0.2) is 75.1 Å². The van der Waals surface area contributed by atoms with Crippen LogP contribution in [0.1, 0.15) is 20.9 Å². The summed E-state index contributed by atoms with van der Waals surface area (Å²) in [7, 11) is 0. The quantitative estimate of drug-likeness (QED) is 0.392. The van der Waals surface area contributed by atoms with Gasteiger partial charge in [-0.05, 0) is 42.0 Å². The number of carboxylic acids is 1. The Morgan fingerprint density at radius 3 is 2.62 bits per heavy atom. The molecule has 0 aliphatic heterocycles. The Kier molecular flexibility index (Phi) is 3.96.